The Balaban J connectivity index is 2.00. The molecule has 9 nitrogen and oxygen atoms in total. The molecule has 0 aliphatic heterocycles. The number of nitrogens with zero attached hydrogens (tertiary/aromatic N) is 4. The molecule has 0 spiro atoms. The Kier molecular flexibility index (Phi) is 5.44. The first-order chi connectivity index (χ1) is 14.7. The second-order valence-corrected chi connectivity index (χ2v) is 9.70. The first kappa shape index (κ1) is 21.3. The fourth-order valence-corrected chi connectivity index (χ4v) is 4.65. The van der Waals surface area contributed by atoms with Crippen molar-refractivity contribution in [2.45, 2.75) is 25.7 Å². The van der Waals surface area contributed by atoms with Crippen LogP contribution >= 0.6 is 0 Å². The molecule has 0 saturated heterocycles. The van der Waals surface area contributed by atoms with Gasteiger partial charge >= 0.3 is 0 Å². The third-order valence-electron chi connectivity index (χ3n) is 5.36. The highest BCUT2D eigenvalue weighted by molar-refractivity contribution is 7.92. The fraction of sp³-hybridized carbons (Fsp3) is 0.381. The van der Waals surface area contributed by atoms with Gasteiger partial charge in [0.2, 0.25) is 10.0 Å². The molecule has 0 radical (unpaired) electrons. The summed E-state index contributed by atoms with van der Waals surface area (Å²) in [5.41, 5.74) is 3.14. The van der Waals surface area contributed by atoms with Crippen LogP contribution in [0, 0.1) is 6.92 Å². The molecule has 1 saturated carbocycles. The van der Waals surface area contributed by atoms with Gasteiger partial charge in [0.15, 0.2) is 5.82 Å². The Labute approximate surface area is 180 Å². The van der Waals surface area contributed by atoms with Crippen molar-refractivity contribution in [3.63, 3.8) is 0 Å². The third kappa shape index (κ3) is 4.00. The molecule has 1 aliphatic carbocycles. The Morgan fingerprint density at radius 3 is 2.61 bits per heavy atom. The molecule has 2 aromatic heterocycles. The van der Waals surface area contributed by atoms with Crippen molar-refractivity contribution in [1.82, 2.24) is 20.1 Å². The zero-order valence-electron chi connectivity index (χ0n) is 17.7. The number of aryl methyl sites for hydroxylation is 1. The normalized spacial score (nSPS) is 14.1. The second-order valence-electron chi connectivity index (χ2n) is 7.79. The van der Waals surface area contributed by atoms with Gasteiger partial charge in [0.1, 0.15) is 5.69 Å². The van der Waals surface area contributed by atoms with Gasteiger partial charge < -0.3 is 10.4 Å². The number of aliphatic hydroxyl groups excluding tert-OH is 1. The number of sulfonamides is 1. The molecule has 1 aliphatic rings. The van der Waals surface area contributed by atoms with Gasteiger partial charge in [0.25, 0.3) is 5.91 Å². The lowest BCUT2D eigenvalue weighted by Crippen LogP contribution is -2.33. The highest BCUT2D eigenvalue weighted by Gasteiger charge is 2.32. The molecule has 164 valence electrons. The summed E-state index contributed by atoms with van der Waals surface area (Å²) >= 11 is 0. The van der Waals surface area contributed by atoms with E-state index in [0.717, 1.165) is 30.2 Å². The minimum Gasteiger partial charge on any atom is -0.394 e. The Morgan fingerprint density at radius 1 is 1.32 bits per heavy atom. The number of carbonyl (C=O) groups is 1. The van der Waals surface area contributed by atoms with Crippen molar-refractivity contribution in [2.75, 3.05) is 30.8 Å². The number of carbonyl (C=O) groups excluding carboxylic acids is 1. The molecular formula is C21H25N5O4S. The summed E-state index contributed by atoms with van der Waals surface area (Å²) in [6, 6.07) is 7.22. The van der Waals surface area contributed by atoms with E-state index < -0.39 is 10.0 Å². The number of hydrogen-bond acceptors (Lipinski definition) is 6. The van der Waals surface area contributed by atoms with Crippen LogP contribution in [-0.2, 0) is 10.0 Å². The zero-order chi connectivity index (χ0) is 22.3. The summed E-state index contributed by atoms with van der Waals surface area (Å²) in [6.07, 6.45) is 4.70. The van der Waals surface area contributed by atoms with Crippen molar-refractivity contribution < 1.29 is 18.3 Å². The van der Waals surface area contributed by atoms with E-state index in [4.69, 9.17) is 0 Å². The standard InChI is InChI=1S/C21H25N5O4S/c1-13-4-7-19(23-12-13)26-20(21(28)22-2)16-10-15(14-5-6-14)18(11-17(16)24-26)25(8-9-27)31(3,29)30/h4,7,10-12,14,27H,5-6,8-9H2,1-3H3,(H,22,28). The first-order valence-corrected chi connectivity index (χ1v) is 11.9. The van der Waals surface area contributed by atoms with Crippen LogP contribution in [0.1, 0.15) is 40.4 Å². The molecule has 0 atom stereocenters. The molecule has 4 rings (SSSR count). The highest BCUT2D eigenvalue weighted by Crippen LogP contribution is 2.46. The lowest BCUT2D eigenvalue weighted by molar-refractivity contribution is 0.0957. The number of rotatable bonds is 7. The van der Waals surface area contributed by atoms with Gasteiger partial charge in [-0.3, -0.25) is 9.10 Å². The van der Waals surface area contributed by atoms with Crippen LogP contribution in [0.3, 0.4) is 0 Å². The van der Waals surface area contributed by atoms with E-state index in [9.17, 15) is 18.3 Å². The van der Waals surface area contributed by atoms with E-state index >= 15 is 0 Å². The predicted molar refractivity (Wildman–Crippen MR) is 118 cm³/mol. The van der Waals surface area contributed by atoms with Crippen LogP contribution in [0.4, 0.5) is 5.69 Å². The van der Waals surface area contributed by atoms with Crippen LogP contribution in [-0.4, -0.2) is 60.7 Å². The van der Waals surface area contributed by atoms with Gasteiger partial charge in [0.05, 0.1) is 30.6 Å². The SMILES string of the molecule is CNC(=O)c1c2cc(C3CC3)c(N(CCO)S(C)(=O)=O)cc2nn1-c1ccc(C)cn1. The average molecular weight is 444 g/mol. The lowest BCUT2D eigenvalue weighted by Gasteiger charge is -2.24. The number of fused-ring (bicyclic) bond motifs is 1. The molecule has 2 N–H and O–H groups in total. The number of benzene rings is 1. The van der Waals surface area contributed by atoms with Crippen molar-refractivity contribution in [3.05, 3.63) is 47.3 Å². The molecule has 1 amide bonds. The van der Waals surface area contributed by atoms with Crippen LogP contribution in [0.15, 0.2) is 30.5 Å². The van der Waals surface area contributed by atoms with Crippen molar-refractivity contribution in [2.24, 2.45) is 0 Å². The maximum atomic E-state index is 12.8. The number of amides is 1. The molecule has 0 unspecified atom stereocenters. The van der Waals surface area contributed by atoms with Gasteiger partial charge in [-0.1, -0.05) is 6.07 Å². The van der Waals surface area contributed by atoms with E-state index in [2.05, 4.69) is 15.4 Å². The summed E-state index contributed by atoms with van der Waals surface area (Å²) in [7, 11) is -2.06. The minimum atomic E-state index is -3.61. The summed E-state index contributed by atoms with van der Waals surface area (Å²) in [4.78, 5) is 17.2. The fourth-order valence-electron chi connectivity index (χ4n) is 3.72. The molecule has 31 heavy (non-hydrogen) atoms. The topological polar surface area (TPSA) is 117 Å². The lowest BCUT2D eigenvalue weighted by atomic mass is 10.0. The van der Waals surface area contributed by atoms with Crippen molar-refractivity contribution >= 4 is 32.5 Å². The number of nitrogens with one attached hydrogen (secondary N) is 1. The first-order valence-electron chi connectivity index (χ1n) is 10.0. The van der Waals surface area contributed by atoms with Gasteiger partial charge in [-0.25, -0.2) is 18.1 Å². The largest absolute Gasteiger partial charge is 0.394 e. The van der Waals surface area contributed by atoms with E-state index in [0.29, 0.717) is 28.1 Å². The van der Waals surface area contributed by atoms with Gasteiger partial charge in [-0.05, 0) is 55.0 Å². The van der Waals surface area contributed by atoms with E-state index in [1.165, 1.54) is 8.99 Å². The van der Waals surface area contributed by atoms with Crippen molar-refractivity contribution in [1.29, 1.82) is 0 Å². The Morgan fingerprint density at radius 2 is 2.06 bits per heavy atom. The molecule has 1 aromatic carbocycles. The third-order valence-corrected chi connectivity index (χ3v) is 6.54. The van der Waals surface area contributed by atoms with Crippen molar-refractivity contribution in [3.8, 4) is 5.82 Å². The highest BCUT2D eigenvalue weighted by atomic mass is 32.2. The Bertz CT molecular complexity index is 1250. The van der Waals surface area contributed by atoms with Gasteiger partial charge in [-0.15, -0.1) is 0 Å². The molecule has 2 heterocycles. The van der Waals surface area contributed by atoms with E-state index in [1.807, 2.05) is 19.1 Å². The predicted octanol–water partition coefficient (Wildman–Crippen LogP) is 1.72. The van der Waals surface area contributed by atoms with Gasteiger partial charge in [-0.2, -0.15) is 5.10 Å². The van der Waals surface area contributed by atoms with Gasteiger partial charge in [0, 0.05) is 18.6 Å². The molecule has 0 bridgehead atoms. The molecular weight excluding hydrogens is 418 g/mol. The number of anilines is 1. The summed E-state index contributed by atoms with van der Waals surface area (Å²) in [5.74, 6) is 0.390. The van der Waals surface area contributed by atoms with Crippen LogP contribution < -0.4 is 9.62 Å². The van der Waals surface area contributed by atoms with E-state index in [-0.39, 0.29) is 25.0 Å². The quantitative estimate of drug-likeness (QED) is 0.574. The average Bonchev–Trinajstić information content (AvgIpc) is 3.51. The van der Waals surface area contributed by atoms with Crippen LogP contribution in [0.25, 0.3) is 16.7 Å². The number of hydrogen-bond donors (Lipinski definition) is 2. The Hall–Kier alpha value is -2.98. The molecule has 10 heteroatoms. The monoisotopic (exact) mass is 443 g/mol. The summed E-state index contributed by atoms with van der Waals surface area (Å²) in [5, 5.41) is 17.3. The number of aromatic nitrogens is 3. The smallest absolute Gasteiger partial charge is 0.270 e. The summed E-state index contributed by atoms with van der Waals surface area (Å²) < 4.78 is 27.6. The minimum absolute atomic E-state index is 0.0490. The number of pyridine rings is 1. The maximum Gasteiger partial charge on any atom is 0.270 e. The molecule has 1 fully saturated rings. The van der Waals surface area contributed by atoms with E-state index in [1.54, 1.807) is 25.4 Å². The van der Waals surface area contributed by atoms with Crippen LogP contribution in [0.2, 0.25) is 0 Å². The maximum absolute atomic E-state index is 12.8. The van der Waals surface area contributed by atoms with Crippen LogP contribution in [0.5, 0.6) is 0 Å². The number of aliphatic hydroxyl groups is 1. The molecule has 3 aromatic rings. The summed E-state index contributed by atoms with van der Waals surface area (Å²) in [6.45, 7) is 1.57. The second kappa shape index (κ2) is 7.93. The zero-order valence-corrected chi connectivity index (χ0v) is 18.5.